The Morgan fingerprint density at radius 2 is 1.92 bits per heavy atom. The van der Waals surface area contributed by atoms with Gasteiger partial charge in [-0.1, -0.05) is 18.2 Å². The van der Waals surface area contributed by atoms with Gasteiger partial charge in [-0.25, -0.2) is 4.39 Å². The first-order chi connectivity index (χ1) is 11.6. The summed E-state index contributed by atoms with van der Waals surface area (Å²) in [5.74, 6) is -0.265. The third-order valence-corrected chi connectivity index (χ3v) is 3.69. The minimum absolute atomic E-state index is 0.0486. The fourth-order valence-electron chi connectivity index (χ4n) is 2.36. The number of halogens is 1. The Hall–Kier alpha value is -2.79. The molecule has 0 spiro atoms. The molecule has 24 heavy (non-hydrogen) atoms. The van der Waals surface area contributed by atoms with Crippen LogP contribution < -0.4 is 0 Å². The van der Waals surface area contributed by atoms with Gasteiger partial charge in [-0.2, -0.15) is 0 Å². The highest BCUT2D eigenvalue weighted by molar-refractivity contribution is 5.83. The molecule has 0 bridgehead atoms. The smallest absolute Gasteiger partial charge is 0.290 e. The Morgan fingerprint density at radius 1 is 1.17 bits per heavy atom. The quantitative estimate of drug-likeness (QED) is 0.722. The van der Waals surface area contributed by atoms with Gasteiger partial charge in [0, 0.05) is 30.3 Å². The van der Waals surface area contributed by atoms with E-state index in [9.17, 15) is 4.39 Å². The Labute approximate surface area is 139 Å². The molecule has 2 aromatic carbocycles. The van der Waals surface area contributed by atoms with Crippen molar-refractivity contribution in [2.75, 3.05) is 7.11 Å². The second-order valence-corrected chi connectivity index (χ2v) is 5.17. The lowest BCUT2D eigenvalue weighted by atomic mass is 10.0. The molecule has 0 radical (unpaired) electrons. The van der Waals surface area contributed by atoms with Gasteiger partial charge in [0.15, 0.2) is 0 Å². The van der Waals surface area contributed by atoms with Crippen LogP contribution in [0, 0.1) is 5.82 Å². The molecular weight excluding hydrogens is 309 g/mol. The van der Waals surface area contributed by atoms with Crippen LogP contribution in [0.3, 0.4) is 0 Å². The van der Waals surface area contributed by atoms with Gasteiger partial charge in [0.25, 0.3) is 6.47 Å². The first-order valence-corrected chi connectivity index (χ1v) is 7.35. The number of hydrogen-bond acceptors (Lipinski definition) is 3. The molecule has 4 nitrogen and oxygen atoms in total. The molecule has 0 aliphatic carbocycles. The molecule has 0 saturated heterocycles. The molecule has 1 N–H and O–H groups in total. The lowest BCUT2D eigenvalue weighted by molar-refractivity contribution is -0.122. The second-order valence-electron chi connectivity index (χ2n) is 5.17. The van der Waals surface area contributed by atoms with Crippen LogP contribution in [-0.2, 0) is 9.53 Å². The lowest BCUT2D eigenvalue weighted by Gasteiger charge is -2.11. The SMILES string of the molecule is COC(C)c1cccc(-c2cnc3cc(F)ccc3c2)c1.O=CO. The number of aromatic nitrogens is 1. The second kappa shape index (κ2) is 8.17. The molecule has 0 saturated carbocycles. The van der Waals surface area contributed by atoms with Crippen LogP contribution >= 0.6 is 0 Å². The highest BCUT2D eigenvalue weighted by Gasteiger charge is 2.07. The molecule has 3 aromatic rings. The first kappa shape index (κ1) is 17.6. The van der Waals surface area contributed by atoms with E-state index < -0.39 is 0 Å². The van der Waals surface area contributed by atoms with E-state index in [-0.39, 0.29) is 18.4 Å². The van der Waals surface area contributed by atoms with Gasteiger partial charge >= 0.3 is 0 Å². The molecule has 1 unspecified atom stereocenters. The Bertz CT molecular complexity index is 836. The van der Waals surface area contributed by atoms with Gasteiger partial charge < -0.3 is 9.84 Å². The van der Waals surface area contributed by atoms with Crippen molar-refractivity contribution >= 4 is 17.4 Å². The van der Waals surface area contributed by atoms with Gasteiger partial charge in [-0.15, -0.1) is 0 Å². The van der Waals surface area contributed by atoms with E-state index >= 15 is 0 Å². The number of ether oxygens (including phenoxy) is 1. The van der Waals surface area contributed by atoms with E-state index in [0.29, 0.717) is 5.52 Å². The van der Waals surface area contributed by atoms with Crippen molar-refractivity contribution in [1.82, 2.24) is 4.98 Å². The topological polar surface area (TPSA) is 59.4 Å². The van der Waals surface area contributed by atoms with Crippen LogP contribution in [0.1, 0.15) is 18.6 Å². The standard InChI is InChI=1S/C18H16FNO.CH2O2/c1-12(21-2)13-4-3-5-14(8-13)16-9-15-6-7-17(19)10-18(15)20-11-16;2-1-3/h3-12H,1-2H3;1H,(H,2,3). The zero-order valence-electron chi connectivity index (χ0n) is 13.4. The Morgan fingerprint density at radius 3 is 2.62 bits per heavy atom. The van der Waals surface area contributed by atoms with E-state index in [1.54, 1.807) is 19.4 Å². The van der Waals surface area contributed by atoms with Crippen molar-refractivity contribution in [3.05, 3.63) is 66.1 Å². The molecular formula is C19H18FNO3. The van der Waals surface area contributed by atoms with Gasteiger partial charge in [0.2, 0.25) is 0 Å². The zero-order chi connectivity index (χ0) is 17.5. The fraction of sp³-hybridized carbons (Fsp3) is 0.158. The highest BCUT2D eigenvalue weighted by Crippen LogP contribution is 2.26. The van der Waals surface area contributed by atoms with Gasteiger partial charge in [-0.3, -0.25) is 9.78 Å². The van der Waals surface area contributed by atoms with Crippen LogP contribution in [0.15, 0.2) is 54.7 Å². The molecule has 1 aromatic heterocycles. The number of nitrogens with zero attached hydrogens (tertiary/aromatic N) is 1. The number of pyridine rings is 1. The molecule has 1 atom stereocenters. The molecule has 0 aliphatic rings. The van der Waals surface area contributed by atoms with E-state index in [0.717, 1.165) is 22.1 Å². The van der Waals surface area contributed by atoms with Gasteiger partial charge in [0.05, 0.1) is 11.6 Å². The van der Waals surface area contributed by atoms with Crippen LogP contribution in [0.5, 0.6) is 0 Å². The summed E-state index contributed by atoms with van der Waals surface area (Å²) in [7, 11) is 1.70. The maximum Gasteiger partial charge on any atom is 0.290 e. The summed E-state index contributed by atoms with van der Waals surface area (Å²) in [6.45, 7) is 1.76. The number of carboxylic acid groups (broad SMARTS) is 1. The molecule has 124 valence electrons. The van der Waals surface area contributed by atoms with Crippen LogP contribution in [0.4, 0.5) is 4.39 Å². The van der Waals surface area contributed by atoms with Crippen molar-refractivity contribution in [3.8, 4) is 11.1 Å². The van der Waals surface area contributed by atoms with E-state index in [1.807, 2.05) is 31.2 Å². The number of fused-ring (bicyclic) bond motifs is 1. The summed E-state index contributed by atoms with van der Waals surface area (Å²) in [5.41, 5.74) is 3.88. The third-order valence-electron chi connectivity index (χ3n) is 3.69. The van der Waals surface area contributed by atoms with Crippen molar-refractivity contribution < 1.29 is 19.0 Å². The van der Waals surface area contributed by atoms with Crippen molar-refractivity contribution in [2.24, 2.45) is 0 Å². The molecule has 0 aliphatic heterocycles. The largest absolute Gasteiger partial charge is 0.483 e. The minimum atomic E-state index is -0.265. The first-order valence-electron chi connectivity index (χ1n) is 7.35. The summed E-state index contributed by atoms with van der Waals surface area (Å²) in [4.78, 5) is 12.7. The monoisotopic (exact) mass is 327 g/mol. The van der Waals surface area contributed by atoms with Gasteiger partial charge in [0.1, 0.15) is 5.82 Å². The Balaban J connectivity index is 0.000000647. The molecule has 1 heterocycles. The third kappa shape index (κ3) is 4.14. The number of methoxy groups -OCH3 is 1. The molecule has 0 amide bonds. The molecule has 5 heteroatoms. The van der Waals surface area contributed by atoms with Crippen molar-refractivity contribution in [2.45, 2.75) is 13.0 Å². The summed E-state index contributed by atoms with van der Waals surface area (Å²) < 4.78 is 18.5. The predicted molar refractivity (Wildman–Crippen MR) is 91.3 cm³/mol. The number of carbonyl (C=O) groups is 1. The highest BCUT2D eigenvalue weighted by atomic mass is 19.1. The van der Waals surface area contributed by atoms with Crippen molar-refractivity contribution in [3.63, 3.8) is 0 Å². The van der Waals surface area contributed by atoms with Crippen LogP contribution in [0.2, 0.25) is 0 Å². The predicted octanol–water partition coefficient (Wildman–Crippen LogP) is 4.45. The lowest BCUT2D eigenvalue weighted by Crippen LogP contribution is -1.95. The number of benzene rings is 2. The maximum atomic E-state index is 13.2. The summed E-state index contributed by atoms with van der Waals surface area (Å²) in [6.07, 6.45) is 1.82. The molecule has 3 rings (SSSR count). The van der Waals surface area contributed by atoms with E-state index in [4.69, 9.17) is 14.6 Å². The van der Waals surface area contributed by atoms with Crippen molar-refractivity contribution in [1.29, 1.82) is 0 Å². The maximum absolute atomic E-state index is 13.2. The van der Waals surface area contributed by atoms with E-state index in [2.05, 4.69) is 11.1 Å². The Kier molecular flexibility index (Phi) is 5.98. The van der Waals surface area contributed by atoms with E-state index in [1.165, 1.54) is 12.1 Å². The normalized spacial score (nSPS) is 11.5. The van der Waals surface area contributed by atoms with Crippen LogP contribution in [0.25, 0.3) is 22.0 Å². The number of hydrogen-bond donors (Lipinski definition) is 1. The van der Waals surface area contributed by atoms with Crippen LogP contribution in [-0.4, -0.2) is 23.7 Å². The average Bonchev–Trinajstić information content (AvgIpc) is 2.61. The van der Waals surface area contributed by atoms with Gasteiger partial charge in [-0.05, 0) is 42.3 Å². The zero-order valence-corrected chi connectivity index (χ0v) is 13.4. The minimum Gasteiger partial charge on any atom is -0.483 e. The fourth-order valence-corrected chi connectivity index (χ4v) is 2.36. The summed E-state index contributed by atoms with van der Waals surface area (Å²) in [5, 5.41) is 7.82. The molecule has 0 fully saturated rings. The summed E-state index contributed by atoms with van der Waals surface area (Å²) >= 11 is 0. The average molecular weight is 327 g/mol. The number of rotatable bonds is 3. The summed E-state index contributed by atoms with van der Waals surface area (Å²) in [6, 6.07) is 14.9.